The molecule has 2 aromatic carbocycles. The van der Waals surface area contributed by atoms with Crippen molar-refractivity contribution in [2.45, 2.75) is 65.5 Å². The maximum Gasteiger partial charge on any atom is 0.272 e. The van der Waals surface area contributed by atoms with Crippen molar-refractivity contribution in [1.82, 2.24) is 30.2 Å². The first kappa shape index (κ1) is 32.5. The van der Waals surface area contributed by atoms with Crippen LogP contribution >= 0.6 is 22.7 Å². The van der Waals surface area contributed by atoms with E-state index in [9.17, 15) is 4.79 Å². The number of carbonyl (C=O) groups is 1. The van der Waals surface area contributed by atoms with Crippen LogP contribution in [0, 0.1) is 13.8 Å². The molecule has 8 rings (SSSR count). The molecule has 4 heterocycles. The molecule has 0 aliphatic heterocycles. The minimum absolute atomic E-state index is 0.0688. The highest BCUT2D eigenvalue weighted by Gasteiger charge is 2.32. The van der Waals surface area contributed by atoms with Crippen LogP contribution in [-0.4, -0.2) is 38.6 Å². The van der Waals surface area contributed by atoms with Gasteiger partial charge in [0.2, 0.25) is 0 Å². The van der Waals surface area contributed by atoms with Crippen LogP contribution in [0.2, 0.25) is 0 Å². The molecule has 2 N–H and O–H groups in total. The topological polar surface area (TPSA) is 76.8 Å². The predicted octanol–water partition coefficient (Wildman–Crippen LogP) is 8.61. The van der Waals surface area contributed by atoms with Gasteiger partial charge in [-0.3, -0.25) is 14.2 Å². The van der Waals surface area contributed by atoms with Crippen molar-refractivity contribution in [3.63, 3.8) is 0 Å². The van der Waals surface area contributed by atoms with Gasteiger partial charge in [-0.2, -0.15) is 10.2 Å². The van der Waals surface area contributed by atoms with E-state index in [0.29, 0.717) is 18.8 Å². The lowest BCUT2D eigenvalue weighted by molar-refractivity contribution is 0.0946. The number of aromatic nitrogens is 4. The van der Waals surface area contributed by atoms with E-state index in [1.54, 1.807) is 22.7 Å². The fraction of sp³-hybridized carbons (Fsp3) is 0.293. The quantitative estimate of drug-likeness (QED) is 0.112. The summed E-state index contributed by atoms with van der Waals surface area (Å²) in [6, 6.07) is 21.7. The Morgan fingerprint density at radius 3 is 1.70 bits per heavy atom. The molecule has 0 radical (unpaired) electrons. The Morgan fingerprint density at radius 1 is 0.680 bits per heavy atom. The Morgan fingerprint density at radius 2 is 1.16 bits per heavy atom. The third-order valence-corrected chi connectivity index (χ3v) is 11.8. The second-order valence-corrected chi connectivity index (χ2v) is 15.4. The van der Waals surface area contributed by atoms with Gasteiger partial charge in [-0.15, -0.1) is 22.7 Å². The Balaban J connectivity index is 0.820. The molecule has 254 valence electrons. The summed E-state index contributed by atoms with van der Waals surface area (Å²) in [7, 11) is 0. The molecule has 0 spiro atoms. The van der Waals surface area contributed by atoms with Crippen molar-refractivity contribution in [3.8, 4) is 21.1 Å². The minimum atomic E-state index is -0.0688. The van der Waals surface area contributed by atoms with Gasteiger partial charge in [0.15, 0.2) is 5.69 Å². The standard InChI is InChI=1S/C41H42N6OS2/c1-26-8-12-29(13-9-26)24-46-37-33(22-31-16-20-49-39(31)37)35(44-46)28(3)42-18-6-4-5-7-19-43-41(48)36-34-23-32-17-21-50-40(32)38(34)47(45-36)25-30-14-10-27(2)11-15-30/h8-17,20-21,42H,3-7,18-19,22-25H2,1-2H3,(H,43,48). The molecule has 6 aromatic rings. The Kier molecular flexibility index (Phi) is 9.02. The summed E-state index contributed by atoms with van der Waals surface area (Å²) < 4.78 is 4.20. The number of hydrogen-bond donors (Lipinski definition) is 2. The molecule has 0 saturated carbocycles. The number of unbranched alkanes of at least 4 members (excludes halogenated alkanes) is 3. The number of benzene rings is 2. The van der Waals surface area contributed by atoms with Gasteiger partial charge in [0.25, 0.3) is 5.91 Å². The van der Waals surface area contributed by atoms with Crippen LogP contribution < -0.4 is 10.6 Å². The van der Waals surface area contributed by atoms with Gasteiger partial charge in [-0.1, -0.05) is 79.1 Å². The van der Waals surface area contributed by atoms with Crippen molar-refractivity contribution < 1.29 is 4.79 Å². The van der Waals surface area contributed by atoms with Gasteiger partial charge in [-0.25, -0.2) is 0 Å². The lowest BCUT2D eigenvalue weighted by atomic mass is 10.1. The highest BCUT2D eigenvalue weighted by atomic mass is 32.1. The van der Waals surface area contributed by atoms with E-state index in [2.05, 4.69) is 107 Å². The Hall–Kier alpha value is -4.73. The van der Waals surface area contributed by atoms with Crippen LogP contribution in [0.4, 0.5) is 0 Å². The highest BCUT2D eigenvalue weighted by Crippen LogP contribution is 2.44. The number of thiophene rings is 2. The molecule has 0 atom stereocenters. The number of fused-ring (bicyclic) bond motifs is 6. The average Bonchev–Trinajstić information content (AvgIpc) is 3.94. The van der Waals surface area contributed by atoms with Crippen LogP contribution in [0.1, 0.15) is 86.4 Å². The van der Waals surface area contributed by atoms with Crippen molar-refractivity contribution in [3.05, 3.63) is 134 Å². The Bertz CT molecular complexity index is 2020. The van der Waals surface area contributed by atoms with E-state index in [1.807, 2.05) is 4.68 Å². The maximum atomic E-state index is 13.4. The van der Waals surface area contributed by atoms with Gasteiger partial charge in [0.05, 0.1) is 39.9 Å². The first-order valence-corrected chi connectivity index (χ1v) is 19.3. The summed E-state index contributed by atoms with van der Waals surface area (Å²) in [6.45, 7) is 11.5. The summed E-state index contributed by atoms with van der Waals surface area (Å²) in [4.78, 5) is 16.0. The van der Waals surface area contributed by atoms with E-state index in [-0.39, 0.29) is 5.91 Å². The van der Waals surface area contributed by atoms with Gasteiger partial charge >= 0.3 is 0 Å². The molecule has 0 unspecified atom stereocenters. The lowest BCUT2D eigenvalue weighted by Gasteiger charge is -2.09. The summed E-state index contributed by atoms with van der Waals surface area (Å²) in [5, 5.41) is 21.0. The molecule has 0 bridgehead atoms. The van der Waals surface area contributed by atoms with Crippen LogP contribution in [0.3, 0.4) is 0 Å². The van der Waals surface area contributed by atoms with Crippen LogP contribution in [0.25, 0.3) is 26.8 Å². The van der Waals surface area contributed by atoms with E-state index < -0.39 is 0 Å². The normalized spacial score (nSPS) is 12.4. The maximum absolute atomic E-state index is 13.4. The molecule has 4 aromatic heterocycles. The second-order valence-electron chi connectivity index (χ2n) is 13.6. The summed E-state index contributed by atoms with van der Waals surface area (Å²) in [5.41, 5.74) is 14.8. The fourth-order valence-electron chi connectivity index (χ4n) is 7.19. The predicted molar refractivity (Wildman–Crippen MR) is 205 cm³/mol. The number of amides is 1. The third-order valence-electron chi connectivity index (χ3n) is 9.89. The average molecular weight is 699 g/mol. The largest absolute Gasteiger partial charge is 0.384 e. The van der Waals surface area contributed by atoms with Gasteiger partial charge in [0, 0.05) is 37.1 Å². The Labute approximate surface area is 301 Å². The van der Waals surface area contributed by atoms with Crippen LogP contribution in [0.5, 0.6) is 0 Å². The smallest absolute Gasteiger partial charge is 0.272 e. The third kappa shape index (κ3) is 6.36. The zero-order valence-corrected chi connectivity index (χ0v) is 30.4. The molecule has 9 heteroatoms. The van der Waals surface area contributed by atoms with Gasteiger partial charge in [-0.05, 0) is 71.8 Å². The number of nitrogens with zero attached hydrogens (tertiary/aromatic N) is 4. The minimum Gasteiger partial charge on any atom is -0.384 e. The highest BCUT2D eigenvalue weighted by molar-refractivity contribution is 7.14. The zero-order valence-electron chi connectivity index (χ0n) is 28.7. The van der Waals surface area contributed by atoms with Crippen LogP contribution in [0.15, 0.2) is 78.0 Å². The molecule has 50 heavy (non-hydrogen) atoms. The molecule has 2 aliphatic carbocycles. The van der Waals surface area contributed by atoms with Crippen molar-refractivity contribution >= 4 is 34.3 Å². The van der Waals surface area contributed by atoms with Crippen molar-refractivity contribution in [2.24, 2.45) is 0 Å². The van der Waals surface area contributed by atoms with E-state index in [1.165, 1.54) is 54.4 Å². The summed E-state index contributed by atoms with van der Waals surface area (Å²) >= 11 is 3.54. The lowest BCUT2D eigenvalue weighted by Crippen LogP contribution is -2.26. The second kappa shape index (κ2) is 13.9. The van der Waals surface area contributed by atoms with E-state index in [0.717, 1.165) is 74.3 Å². The number of nitrogens with one attached hydrogen (secondary N) is 2. The van der Waals surface area contributed by atoms with Crippen molar-refractivity contribution in [1.29, 1.82) is 0 Å². The molecular weight excluding hydrogens is 657 g/mol. The van der Waals surface area contributed by atoms with E-state index in [4.69, 9.17) is 10.2 Å². The number of aryl methyl sites for hydroxylation is 2. The zero-order chi connectivity index (χ0) is 34.2. The van der Waals surface area contributed by atoms with Crippen LogP contribution in [-0.2, 0) is 25.9 Å². The van der Waals surface area contributed by atoms with Gasteiger partial charge < -0.3 is 10.6 Å². The first-order valence-electron chi connectivity index (χ1n) is 17.6. The number of carbonyl (C=O) groups excluding carboxylic acids is 1. The number of hydrogen-bond acceptors (Lipinski definition) is 6. The summed E-state index contributed by atoms with van der Waals surface area (Å²) in [5.74, 6) is -0.0688. The molecule has 0 saturated heterocycles. The van der Waals surface area contributed by atoms with E-state index >= 15 is 0 Å². The fourth-order valence-corrected chi connectivity index (χ4v) is 9.19. The molecular formula is C41H42N6OS2. The molecule has 2 aliphatic rings. The SMILES string of the molecule is C=C(NCCCCCCNC(=O)c1nn(Cc2ccc(C)cc2)c2c1Cc1ccsc1-2)c1nn(Cc2ccc(C)cc2)c2c1Cc1ccsc1-2. The van der Waals surface area contributed by atoms with Crippen molar-refractivity contribution in [2.75, 3.05) is 13.1 Å². The van der Waals surface area contributed by atoms with Gasteiger partial charge in [0.1, 0.15) is 5.69 Å². The number of rotatable bonds is 14. The molecule has 1 amide bonds. The summed E-state index contributed by atoms with van der Waals surface area (Å²) in [6.07, 6.45) is 5.78. The monoisotopic (exact) mass is 698 g/mol. The molecule has 0 fully saturated rings. The molecule has 7 nitrogen and oxygen atoms in total. The first-order chi connectivity index (χ1) is 24.4.